The van der Waals surface area contributed by atoms with E-state index < -0.39 is 5.91 Å². The van der Waals surface area contributed by atoms with Gasteiger partial charge in [0.05, 0.1) is 5.69 Å². The molecule has 0 spiro atoms. The van der Waals surface area contributed by atoms with Crippen LogP contribution in [0.3, 0.4) is 0 Å². The fourth-order valence-electron chi connectivity index (χ4n) is 2.03. The van der Waals surface area contributed by atoms with E-state index in [-0.39, 0.29) is 5.91 Å². The molecular formula is C16H15N3O2. The van der Waals surface area contributed by atoms with E-state index in [9.17, 15) is 9.59 Å². The van der Waals surface area contributed by atoms with Crippen molar-refractivity contribution in [2.24, 2.45) is 5.73 Å². The van der Waals surface area contributed by atoms with Gasteiger partial charge in [-0.15, -0.1) is 0 Å². The van der Waals surface area contributed by atoms with Gasteiger partial charge in [0.1, 0.15) is 0 Å². The average Bonchev–Trinajstić information content (AvgIpc) is 3.31. The van der Waals surface area contributed by atoms with Crippen LogP contribution in [-0.4, -0.2) is 22.8 Å². The zero-order chi connectivity index (χ0) is 14.8. The number of amides is 2. The van der Waals surface area contributed by atoms with Gasteiger partial charge in [-0.2, -0.15) is 0 Å². The number of aromatic nitrogens is 1. The SMILES string of the molecule is NC(=O)c1ccnc(-c2ccc(C(=O)NC3CC3)cc2)c1. The number of rotatable bonds is 4. The van der Waals surface area contributed by atoms with Crippen LogP contribution in [0.15, 0.2) is 42.6 Å². The molecule has 2 amide bonds. The summed E-state index contributed by atoms with van der Waals surface area (Å²) in [5.41, 5.74) is 7.78. The first-order valence-corrected chi connectivity index (χ1v) is 6.80. The Morgan fingerprint density at radius 3 is 2.43 bits per heavy atom. The number of carbonyl (C=O) groups excluding carboxylic acids is 2. The molecule has 1 aliphatic rings. The third kappa shape index (κ3) is 3.08. The molecule has 1 aromatic heterocycles. The van der Waals surface area contributed by atoms with Crippen molar-refractivity contribution >= 4 is 11.8 Å². The zero-order valence-electron chi connectivity index (χ0n) is 11.4. The maximum atomic E-state index is 11.9. The van der Waals surface area contributed by atoms with Crippen LogP contribution < -0.4 is 11.1 Å². The largest absolute Gasteiger partial charge is 0.366 e. The molecule has 2 aromatic rings. The number of primary amides is 1. The van der Waals surface area contributed by atoms with Crippen LogP contribution in [0, 0.1) is 0 Å². The lowest BCUT2D eigenvalue weighted by molar-refractivity contribution is 0.0949. The maximum Gasteiger partial charge on any atom is 0.251 e. The number of nitrogens with two attached hydrogens (primary N) is 1. The van der Waals surface area contributed by atoms with Crippen LogP contribution in [0.5, 0.6) is 0 Å². The topological polar surface area (TPSA) is 85.1 Å². The summed E-state index contributed by atoms with van der Waals surface area (Å²) in [6.45, 7) is 0. The summed E-state index contributed by atoms with van der Waals surface area (Å²) >= 11 is 0. The van der Waals surface area contributed by atoms with Gasteiger partial charge in [0.2, 0.25) is 5.91 Å². The predicted octanol–water partition coefficient (Wildman–Crippen LogP) is 1.74. The first-order chi connectivity index (χ1) is 10.1. The minimum absolute atomic E-state index is 0.0529. The minimum Gasteiger partial charge on any atom is -0.366 e. The number of nitrogens with zero attached hydrogens (tertiary/aromatic N) is 1. The Hall–Kier alpha value is -2.69. The second-order valence-electron chi connectivity index (χ2n) is 5.12. The van der Waals surface area contributed by atoms with Crippen LogP contribution >= 0.6 is 0 Å². The Bertz CT molecular complexity index is 691. The molecule has 106 valence electrons. The highest BCUT2D eigenvalue weighted by atomic mass is 16.2. The maximum absolute atomic E-state index is 11.9. The third-order valence-electron chi connectivity index (χ3n) is 3.40. The van der Waals surface area contributed by atoms with Gasteiger partial charge in [0.15, 0.2) is 0 Å². The van der Waals surface area contributed by atoms with Crippen molar-refractivity contribution in [3.05, 3.63) is 53.7 Å². The minimum atomic E-state index is -0.487. The summed E-state index contributed by atoms with van der Waals surface area (Å²) in [6, 6.07) is 10.7. The van der Waals surface area contributed by atoms with E-state index in [0.717, 1.165) is 18.4 Å². The molecule has 21 heavy (non-hydrogen) atoms. The van der Waals surface area contributed by atoms with Crippen LogP contribution in [0.2, 0.25) is 0 Å². The van der Waals surface area contributed by atoms with E-state index >= 15 is 0 Å². The summed E-state index contributed by atoms with van der Waals surface area (Å²) in [5, 5.41) is 2.94. The van der Waals surface area contributed by atoms with Crippen molar-refractivity contribution < 1.29 is 9.59 Å². The standard InChI is InChI=1S/C16H15N3O2/c17-15(20)12-7-8-18-14(9-12)10-1-3-11(4-2-10)16(21)19-13-5-6-13/h1-4,7-9,13H,5-6H2,(H2,17,20)(H,19,21). The molecule has 1 fully saturated rings. The lowest BCUT2D eigenvalue weighted by atomic mass is 10.1. The first kappa shape index (κ1) is 13.3. The number of benzene rings is 1. The van der Waals surface area contributed by atoms with Crippen LogP contribution in [0.4, 0.5) is 0 Å². The fourth-order valence-corrected chi connectivity index (χ4v) is 2.03. The lowest BCUT2D eigenvalue weighted by Crippen LogP contribution is -2.25. The third-order valence-corrected chi connectivity index (χ3v) is 3.40. The number of nitrogens with one attached hydrogen (secondary N) is 1. The van der Waals surface area contributed by atoms with E-state index in [2.05, 4.69) is 10.3 Å². The van der Waals surface area contributed by atoms with E-state index in [1.54, 1.807) is 30.5 Å². The second-order valence-corrected chi connectivity index (χ2v) is 5.12. The quantitative estimate of drug-likeness (QED) is 0.895. The molecule has 3 N–H and O–H groups in total. The highest BCUT2D eigenvalue weighted by Crippen LogP contribution is 2.21. The summed E-state index contributed by atoms with van der Waals surface area (Å²) in [4.78, 5) is 27.3. The van der Waals surface area contributed by atoms with Crippen LogP contribution in [0.25, 0.3) is 11.3 Å². The van der Waals surface area contributed by atoms with Crippen molar-refractivity contribution in [1.29, 1.82) is 0 Å². The molecule has 0 unspecified atom stereocenters. The molecule has 1 aliphatic carbocycles. The molecule has 0 saturated heterocycles. The van der Waals surface area contributed by atoms with Gasteiger partial charge in [-0.05, 0) is 37.1 Å². The normalized spacial score (nSPS) is 13.7. The number of pyridine rings is 1. The van der Waals surface area contributed by atoms with Crippen LogP contribution in [0.1, 0.15) is 33.6 Å². The highest BCUT2D eigenvalue weighted by molar-refractivity contribution is 5.95. The van der Waals surface area contributed by atoms with E-state index in [4.69, 9.17) is 5.73 Å². The van der Waals surface area contributed by atoms with E-state index in [1.165, 1.54) is 0 Å². The monoisotopic (exact) mass is 281 g/mol. The second kappa shape index (κ2) is 5.36. The van der Waals surface area contributed by atoms with Crippen molar-refractivity contribution in [2.45, 2.75) is 18.9 Å². The van der Waals surface area contributed by atoms with Crippen molar-refractivity contribution in [3.8, 4) is 11.3 Å². The first-order valence-electron chi connectivity index (χ1n) is 6.80. The van der Waals surface area contributed by atoms with Gasteiger partial charge in [-0.1, -0.05) is 12.1 Å². The van der Waals surface area contributed by atoms with Gasteiger partial charge < -0.3 is 11.1 Å². The van der Waals surface area contributed by atoms with Crippen molar-refractivity contribution in [3.63, 3.8) is 0 Å². The smallest absolute Gasteiger partial charge is 0.251 e. The van der Waals surface area contributed by atoms with Gasteiger partial charge in [-0.25, -0.2) is 0 Å². The molecule has 3 rings (SSSR count). The Morgan fingerprint density at radius 2 is 1.81 bits per heavy atom. The van der Waals surface area contributed by atoms with E-state index in [1.807, 2.05) is 12.1 Å². The number of carbonyl (C=O) groups is 2. The fraction of sp³-hybridized carbons (Fsp3) is 0.188. The summed E-state index contributed by atoms with van der Waals surface area (Å²) in [5.74, 6) is -0.540. The molecule has 0 radical (unpaired) electrons. The highest BCUT2D eigenvalue weighted by Gasteiger charge is 2.23. The van der Waals surface area contributed by atoms with Gasteiger partial charge >= 0.3 is 0 Å². The van der Waals surface area contributed by atoms with Crippen molar-refractivity contribution in [2.75, 3.05) is 0 Å². The van der Waals surface area contributed by atoms with Gasteiger partial charge in [0, 0.05) is 28.9 Å². The van der Waals surface area contributed by atoms with Crippen molar-refractivity contribution in [1.82, 2.24) is 10.3 Å². The average molecular weight is 281 g/mol. The molecule has 1 saturated carbocycles. The molecular weight excluding hydrogens is 266 g/mol. The molecule has 5 heteroatoms. The van der Waals surface area contributed by atoms with E-state index in [0.29, 0.717) is 22.9 Å². The van der Waals surface area contributed by atoms with Gasteiger partial charge in [-0.3, -0.25) is 14.6 Å². The molecule has 0 atom stereocenters. The molecule has 5 nitrogen and oxygen atoms in total. The summed E-state index contributed by atoms with van der Waals surface area (Å²) < 4.78 is 0. The Balaban J connectivity index is 1.81. The summed E-state index contributed by atoms with van der Waals surface area (Å²) in [6.07, 6.45) is 3.67. The predicted molar refractivity (Wildman–Crippen MR) is 78.7 cm³/mol. The Kier molecular flexibility index (Phi) is 3.39. The number of hydrogen-bond acceptors (Lipinski definition) is 3. The number of hydrogen-bond donors (Lipinski definition) is 2. The van der Waals surface area contributed by atoms with Crippen LogP contribution in [-0.2, 0) is 0 Å². The lowest BCUT2D eigenvalue weighted by Gasteiger charge is -2.05. The molecule has 0 bridgehead atoms. The molecule has 1 aromatic carbocycles. The van der Waals surface area contributed by atoms with Gasteiger partial charge in [0.25, 0.3) is 5.91 Å². The molecule has 0 aliphatic heterocycles. The molecule has 1 heterocycles. The summed E-state index contributed by atoms with van der Waals surface area (Å²) in [7, 11) is 0. The Morgan fingerprint density at radius 1 is 1.10 bits per heavy atom. The Labute approximate surface area is 122 Å². The zero-order valence-corrected chi connectivity index (χ0v) is 11.4.